The summed E-state index contributed by atoms with van der Waals surface area (Å²) in [5, 5.41) is 0. The molecule has 0 saturated heterocycles. The van der Waals surface area contributed by atoms with Crippen LogP contribution in [-0.2, 0) is 0 Å². The van der Waals surface area contributed by atoms with Gasteiger partial charge < -0.3 is 4.98 Å². The van der Waals surface area contributed by atoms with Crippen LogP contribution in [-0.4, -0.2) is 4.98 Å². The van der Waals surface area contributed by atoms with Crippen molar-refractivity contribution >= 4 is 0 Å². The minimum atomic E-state index is 0. The molecular weight excluding hydrogens is 214 g/mol. The van der Waals surface area contributed by atoms with Gasteiger partial charge in [-0.05, 0) is 12.1 Å². The summed E-state index contributed by atoms with van der Waals surface area (Å²) >= 11 is 0. The Bertz CT molecular complexity index is 64.0. The van der Waals surface area contributed by atoms with E-state index in [0.29, 0.717) is 0 Å². The van der Waals surface area contributed by atoms with Gasteiger partial charge in [0, 0.05) is 61.8 Å². The Balaban J connectivity index is 0.000000250. The molecule has 0 saturated carbocycles. The third-order valence-corrected chi connectivity index (χ3v) is 0.496. The van der Waals surface area contributed by atoms with E-state index in [1.807, 2.05) is 24.5 Å². The van der Waals surface area contributed by atoms with Gasteiger partial charge in [0.2, 0.25) is 0 Å². The molecule has 1 radical (unpaired) electrons. The summed E-state index contributed by atoms with van der Waals surface area (Å²) in [6, 6.07) is 3.89. The maximum Gasteiger partial charge on any atom is 0.000496 e. The van der Waals surface area contributed by atoms with E-state index in [-0.39, 0.29) is 49.4 Å². The Labute approximate surface area is 77.7 Å². The fourth-order valence-corrected chi connectivity index (χ4v) is 0.278. The number of aromatic nitrogens is 1. The van der Waals surface area contributed by atoms with E-state index in [1.165, 1.54) is 0 Å². The summed E-state index contributed by atoms with van der Waals surface area (Å²) in [4.78, 5) is 2.86. The summed E-state index contributed by atoms with van der Waals surface area (Å²) in [7, 11) is 0. The number of nitrogens with one attached hydrogen (secondary N) is 1. The zero-order chi connectivity index (χ0) is 3.54. The van der Waals surface area contributed by atoms with Gasteiger partial charge in [0.1, 0.15) is 0 Å². The van der Waals surface area contributed by atoms with Crippen molar-refractivity contribution < 1.29 is 49.4 Å². The van der Waals surface area contributed by atoms with Crippen molar-refractivity contribution in [1.82, 2.24) is 4.98 Å². The van der Waals surface area contributed by atoms with Crippen molar-refractivity contribution in [1.29, 1.82) is 0 Å². The van der Waals surface area contributed by atoms with Crippen LogP contribution in [0.3, 0.4) is 0 Å². The molecule has 1 aromatic heterocycles. The number of hydrogen-bond donors (Lipinski definition) is 1. The summed E-state index contributed by atoms with van der Waals surface area (Å²) in [5.74, 6) is 0. The standard InChI is InChI=1S/C4H5N.Eu/c1-2-4-5-3-1;/h1-5H;. The van der Waals surface area contributed by atoms with E-state index in [9.17, 15) is 0 Å². The van der Waals surface area contributed by atoms with Crippen LogP contribution in [0.5, 0.6) is 0 Å². The number of rotatable bonds is 0. The molecule has 0 aromatic carbocycles. The van der Waals surface area contributed by atoms with Crippen molar-refractivity contribution in [2.75, 3.05) is 0 Å². The normalized spacial score (nSPS) is 6.67. The zero-order valence-corrected chi connectivity index (χ0v) is 5.61. The third kappa shape index (κ3) is 2.11. The Kier molecular flexibility index (Phi) is 4.62. The topological polar surface area (TPSA) is 15.8 Å². The number of hydrogen-bond acceptors (Lipinski definition) is 0. The maximum atomic E-state index is 2.86. The minimum Gasteiger partial charge on any atom is -0.368 e. The van der Waals surface area contributed by atoms with Crippen LogP contribution < -0.4 is 0 Å². The first-order valence-electron chi connectivity index (χ1n) is 1.58. The van der Waals surface area contributed by atoms with Crippen molar-refractivity contribution in [2.45, 2.75) is 0 Å². The molecule has 0 spiro atoms. The second kappa shape index (κ2) is 4.03. The van der Waals surface area contributed by atoms with Gasteiger partial charge in [-0.25, -0.2) is 0 Å². The third-order valence-electron chi connectivity index (χ3n) is 0.496. The summed E-state index contributed by atoms with van der Waals surface area (Å²) in [6.45, 7) is 0. The van der Waals surface area contributed by atoms with E-state index in [4.69, 9.17) is 0 Å². The van der Waals surface area contributed by atoms with Crippen molar-refractivity contribution in [3.63, 3.8) is 0 Å². The van der Waals surface area contributed by atoms with Crippen molar-refractivity contribution in [3.05, 3.63) is 24.5 Å². The first kappa shape index (κ1) is 6.86. The predicted molar refractivity (Wildman–Crippen MR) is 20.8 cm³/mol. The first-order chi connectivity index (χ1) is 2.50. The van der Waals surface area contributed by atoms with E-state index in [2.05, 4.69) is 4.98 Å². The van der Waals surface area contributed by atoms with Gasteiger partial charge in [-0.3, -0.25) is 0 Å². The van der Waals surface area contributed by atoms with Crippen LogP contribution in [0.25, 0.3) is 0 Å². The molecule has 1 N–H and O–H groups in total. The van der Waals surface area contributed by atoms with Crippen LogP contribution in [0.1, 0.15) is 0 Å². The van der Waals surface area contributed by atoms with Gasteiger partial charge in [-0.2, -0.15) is 0 Å². The van der Waals surface area contributed by atoms with Gasteiger partial charge in [-0.15, -0.1) is 0 Å². The Morgan fingerprint density at radius 1 is 1.00 bits per heavy atom. The van der Waals surface area contributed by atoms with E-state index in [0.717, 1.165) is 0 Å². The predicted octanol–water partition coefficient (Wildman–Crippen LogP) is 1.01. The van der Waals surface area contributed by atoms with Gasteiger partial charge in [-0.1, -0.05) is 0 Å². The quantitative estimate of drug-likeness (QED) is 0.670. The van der Waals surface area contributed by atoms with Gasteiger partial charge in [0.15, 0.2) is 0 Å². The first-order valence-corrected chi connectivity index (χ1v) is 1.58. The van der Waals surface area contributed by atoms with Crippen LogP contribution >= 0.6 is 0 Å². The average molecular weight is 219 g/mol. The van der Waals surface area contributed by atoms with Crippen molar-refractivity contribution in [3.8, 4) is 0 Å². The maximum absolute atomic E-state index is 2.86. The molecule has 0 fully saturated rings. The zero-order valence-electron chi connectivity index (χ0n) is 3.19. The molecule has 1 heterocycles. The Morgan fingerprint density at radius 2 is 1.50 bits per heavy atom. The second-order valence-electron chi connectivity index (χ2n) is 0.885. The average Bonchev–Trinajstić information content (AvgIpc) is 1.76. The van der Waals surface area contributed by atoms with E-state index < -0.39 is 0 Å². The molecule has 0 aliphatic heterocycles. The Morgan fingerprint density at radius 3 is 1.67 bits per heavy atom. The molecule has 1 aromatic rings. The van der Waals surface area contributed by atoms with Crippen molar-refractivity contribution in [2.24, 2.45) is 0 Å². The SMILES string of the molecule is [Eu].c1cc[nH]c1. The molecule has 2 heteroatoms. The summed E-state index contributed by atoms with van der Waals surface area (Å²) in [5.41, 5.74) is 0. The Hall–Kier alpha value is 0.864. The molecule has 0 aliphatic carbocycles. The largest absolute Gasteiger partial charge is 0.368 e. The second-order valence-corrected chi connectivity index (χ2v) is 0.885. The van der Waals surface area contributed by atoms with Crippen LogP contribution in [0.4, 0.5) is 0 Å². The van der Waals surface area contributed by atoms with E-state index in [1.54, 1.807) is 0 Å². The van der Waals surface area contributed by atoms with Gasteiger partial charge >= 0.3 is 0 Å². The van der Waals surface area contributed by atoms with Crippen LogP contribution in [0.2, 0.25) is 0 Å². The minimum absolute atomic E-state index is 0. The molecular formula is C4H5EuN. The molecule has 0 aliphatic rings. The molecule has 1 rings (SSSR count). The monoisotopic (exact) mass is 220 g/mol. The molecule has 33 valence electrons. The summed E-state index contributed by atoms with van der Waals surface area (Å²) < 4.78 is 0. The molecule has 0 unspecified atom stereocenters. The molecule has 0 bridgehead atoms. The number of H-pyrrole nitrogens is 1. The fourth-order valence-electron chi connectivity index (χ4n) is 0.278. The van der Waals surface area contributed by atoms with Crippen LogP contribution in [0.15, 0.2) is 24.5 Å². The fraction of sp³-hybridized carbons (Fsp3) is 0. The van der Waals surface area contributed by atoms with E-state index >= 15 is 0 Å². The molecule has 6 heavy (non-hydrogen) atoms. The van der Waals surface area contributed by atoms with Gasteiger partial charge in [0.25, 0.3) is 0 Å². The summed E-state index contributed by atoms with van der Waals surface area (Å²) in [6.07, 6.45) is 3.75. The molecule has 1 nitrogen and oxygen atoms in total. The number of aromatic amines is 1. The molecule has 0 atom stereocenters. The van der Waals surface area contributed by atoms with Gasteiger partial charge in [0.05, 0.1) is 0 Å². The molecule has 0 amide bonds. The smallest absolute Gasteiger partial charge is 0.000496 e. The van der Waals surface area contributed by atoms with Crippen LogP contribution in [0, 0.1) is 49.4 Å².